The Morgan fingerprint density at radius 2 is 1.89 bits per heavy atom. The van der Waals surface area contributed by atoms with E-state index in [9.17, 15) is 0 Å². The SMILES string of the molecule is CCc1ccc(CNC(=NC)NCCc2cnn(-c3ccccc3)c2)s1.I. The molecule has 27 heavy (non-hydrogen) atoms. The Labute approximate surface area is 181 Å². The van der Waals surface area contributed by atoms with Gasteiger partial charge in [-0.25, -0.2) is 4.68 Å². The lowest BCUT2D eigenvalue weighted by atomic mass is 10.2. The second-order valence-corrected chi connectivity index (χ2v) is 7.21. The topological polar surface area (TPSA) is 54.2 Å². The Morgan fingerprint density at radius 1 is 1.11 bits per heavy atom. The van der Waals surface area contributed by atoms with Crippen LogP contribution in [-0.4, -0.2) is 29.3 Å². The van der Waals surface area contributed by atoms with Crippen molar-refractivity contribution in [1.29, 1.82) is 0 Å². The van der Waals surface area contributed by atoms with E-state index >= 15 is 0 Å². The van der Waals surface area contributed by atoms with Crippen LogP contribution >= 0.6 is 35.3 Å². The Morgan fingerprint density at radius 3 is 2.59 bits per heavy atom. The van der Waals surface area contributed by atoms with Gasteiger partial charge in [-0.15, -0.1) is 35.3 Å². The number of aliphatic imine (C=N–C) groups is 1. The van der Waals surface area contributed by atoms with Crippen molar-refractivity contribution in [2.45, 2.75) is 26.3 Å². The van der Waals surface area contributed by atoms with Crippen LogP contribution in [0.5, 0.6) is 0 Å². The van der Waals surface area contributed by atoms with E-state index in [2.05, 4.69) is 58.1 Å². The molecule has 2 N–H and O–H groups in total. The van der Waals surface area contributed by atoms with Gasteiger partial charge in [-0.05, 0) is 42.7 Å². The number of thiophene rings is 1. The van der Waals surface area contributed by atoms with Crippen molar-refractivity contribution >= 4 is 41.3 Å². The second kappa shape index (κ2) is 11.1. The fourth-order valence-corrected chi connectivity index (χ4v) is 3.53. The first-order valence-electron chi connectivity index (χ1n) is 8.89. The monoisotopic (exact) mass is 495 g/mol. The van der Waals surface area contributed by atoms with Crippen molar-refractivity contribution in [3.05, 3.63) is 70.2 Å². The van der Waals surface area contributed by atoms with Crippen LogP contribution in [0, 0.1) is 0 Å². The van der Waals surface area contributed by atoms with Gasteiger partial charge in [0.15, 0.2) is 5.96 Å². The van der Waals surface area contributed by atoms with Crippen LogP contribution in [0.4, 0.5) is 0 Å². The second-order valence-electron chi connectivity index (χ2n) is 5.95. The van der Waals surface area contributed by atoms with Crippen molar-refractivity contribution in [2.75, 3.05) is 13.6 Å². The molecule has 5 nitrogen and oxygen atoms in total. The molecular formula is C20H26IN5S. The minimum Gasteiger partial charge on any atom is -0.356 e. The van der Waals surface area contributed by atoms with Crippen molar-refractivity contribution < 1.29 is 0 Å². The maximum atomic E-state index is 4.44. The van der Waals surface area contributed by atoms with Crippen molar-refractivity contribution in [1.82, 2.24) is 20.4 Å². The summed E-state index contributed by atoms with van der Waals surface area (Å²) >= 11 is 1.85. The number of rotatable bonds is 7. The lowest BCUT2D eigenvalue weighted by Crippen LogP contribution is -2.37. The van der Waals surface area contributed by atoms with Gasteiger partial charge in [0.1, 0.15) is 0 Å². The number of aryl methyl sites for hydroxylation is 1. The summed E-state index contributed by atoms with van der Waals surface area (Å²) in [5.74, 6) is 0.826. The number of halogens is 1. The van der Waals surface area contributed by atoms with E-state index in [1.165, 1.54) is 15.3 Å². The Kier molecular flexibility index (Phi) is 8.80. The molecule has 0 radical (unpaired) electrons. The van der Waals surface area contributed by atoms with Crippen molar-refractivity contribution in [2.24, 2.45) is 4.99 Å². The van der Waals surface area contributed by atoms with Crippen molar-refractivity contribution in [3.63, 3.8) is 0 Å². The molecule has 0 amide bonds. The summed E-state index contributed by atoms with van der Waals surface area (Å²) in [5.41, 5.74) is 2.27. The smallest absolute Gasteiger partial charge is 0.191 e. The highest BCUT2D eigenvalue weighted by molar-refractivity contribution is 14.0. The number of para-hydroxylation sites is 1. The number of nitrogens with zero attached hydrogens (tertiary/aromatic N) is 3. The van der Waals surface area contributed by atoms with Gasteiger partial charge >= 0.3 is 0 Å². The number of nitrogens with one attached hydrogen (secondary N) is 2. The zero-order valence-electron chi connectivity index (χ0n) is 15.7. The molecule has 3 rings (SSSR count). The molecule has 2 heterocycles. The molecule has 0 fully saturated rings. The quantitative estimate of drug-likeness (QED) is 0.296. The molecule has 0 aliphatic rings. The highest BCUT2D eigenvalue weighted by Gasteiger charge is 2.03. The third-order valence-corrected chi connectivity index (χ3v) is 5.31. The van der Waals surface area contributed by atoms with Gasteiger partial charge in [0, 0.05) is 29.5 Å². The van der Waals surface area contributed by atoms with Gasteiger partial charge in [0.2, 0.25) is 0 Å². The molecule has 0 unspecified atom stereocenters. The molecule has 144 valence electrons. The van der Waals surface area contributed by atoms with Crippen LogP contribution in [0.25, 0.3) is 5.69 Å². The molecule has 0 aliphatic heterocycles. The Hall–Kier alpha value is -1.87. The molecule has 0 atom stereocenters. The lowest BCUT2D eigenvalue weighted by molar-refractivity contribution is 0.799. The summed E-state index contributed by atoms with van der Waals surface area (Å²) in [4.78, 5) is 7.04. The van der Waals surface area contributed by atoms with E-state index in [0.717, 1.165) is 37.6 Å². The highest BCUT2D eigenvalue weighted by Crippen LogP contribution is 2.16. The summed E-state index contributed by atoms with van der Waals surface area (Å²) in [5, 5.41) is 11.2. The third kappa shape index (κ3) is 6.35. The molecule has 0 saturated carbocycles. The van der Waals surface area contributed by atoms with Crippen LogP contribution in [0.2, 0.25) is 0 Å². The van der Waals surface area contributed by atoms with Gasteiger partial charge in [0.05, 0.1) is 18.4 Å². The normalized spacial score (nSPS) is 11.1. The van der Waals surface area contributed by atoms with E-state index in [1.807, 2.05) is 40.4 Å². The van der Waals surface area contributed by atoms with Gasteiger partial charge in [-0.1, -0.05) is 25.1 Å². The average Bonchev–Trinajstić information content (AvgIpc) is 3.34. The fourth-order valence-electron chi connectivity index (χ4n) is 2.64. The number of hydrogen-bond donors (Lipinski definition) is 2. The molecule has 2 aromatic heterocycles. The van der Waals surface area contributed by atoms with E-state index < -0.39 is 0 Å². The average molecular weight is 495 g/mol. The van der Waals surface area contributed by atoms with Crippen LogP contribution in [-0.2, 0) is 19.4 Å². The summed E-state index contributed by atoms with van der Waals surface area (Å²) in [6.07, 6.45) is 5.98. The zero-order valence-corrected chi connectivity index (χ0v) is 18.8. The van der Waals surface area contributed by atoms with Crippen LogP contribution < -0.4 is 10.6 Å². The first-order chi connectivity index (χ1) is 12.8. The Balaban J connectivity index is 0.00000261. The zero-order chi connectivity index (χ0) is 18.2. The number of guanidine groups is 1. The maximum absolute atomic E-state index is 4.44. The first kappa shape index (κ1) is 21.4. The summed E-state index contributed by atoms with van der Waals surface area (Å²) < 4.78 is 1.91. The van der Waals surface area contributed by atoms with Gasteiger partial charge < -0.3 is 10.6 Å². The van der Waals surface area contributed by atoms with E-state index in [0.29, 0.717) is 0 Å². The summed E-state index contributed by atoms with van der Waals surface area (Å²) in [6, 6.07) is 14.5. The molecule has 0 saturated heterocycles. The third-order valence-electron chi connectivity index (χ3n) is 4.08. The molecule has 0 spiro atoms. The fraction of sp³-hybridized carbons (Fsp3) is 0.300. The van der Waals surface area contributed by atoms with Crippen LogP contribution in [0.1, 0.15) is 22.2 Å². The number of hydrogen-bond acceptors (Lipinski definition) is 3. The van der Waals surface area contributed by atoms with E-state index in [4.69, 9.17) is 0 Å². The minimum absolute atomic E-state index is 0. The standard InChI is InChI=1S/C20H25N5S.HI/c1-3-18-9-10-19(26-18)14-23-20(21-2)22-12-11-16-13-24-25(15-16)17-7-5-4-6-8-17;/h4-10,13,15H,3,11-12,14H2,1-2H3,(H2,21,22,23);1H. The van der Waals surface area contributed by atoms with Gasteiger partial charge in [0.25, 0.3) is 0 Å². The molecule has 0 aliphatic carbocycles. The van der Waals surface area contributed by atoms with Crippen LogP contribution in [0.3, 0.4) is 0 Å². The van der Waals surface area contributed by atoms with Crippen molar-refractivity contribution in [3.8, 4) is 5.69 Å². The molecule has 0 bridgehead atoms. The predicted octanol–water partition coefficient (Wildman–Crippen LogP) is 4.02. The predicted molar refractivity (Wildman–Crippen MR) is 125 cm³/mol. The highest BCUT2D eigenvalue weighted by atomic mass is 127. The number of benzene rings is 1. The first-order valence-corrected chi connectivity index (χ1v) is 9.71. The minimum atomic E-state index is 0. The largest absolute Gasteiger partial charge is 0.356 e. The Bertz CT molecular complexity index is 841. The molecule has 1 aromatic carbocycles. The summed E-state index contributed by atoms with van der Waals surface area (Å²) in [6.45, 7) is 3.80. The number of aromatic nitrogens is 2. The summed E-state index contributed by atoms with van der Waals surface area (Å²) in [7, 11) is 1.80. The molecule has 3 aromatic rings. The van der Waals surface area contributed by atoms with E-state index in [-0.39, 0.29) is 24.0 Å². The maximum Gasteiger partial charge on any atom is 0.191 e. The lowest BCUT2D eigenvalue weighted by Gasteiger charge is -2.10. The van der Waals surface area contributed by atoms with Crippen LogP contribution in [0.15, 0.2) is 59.9 Å². The molecule has 7 heteroatoms. The van der Waals surface area contributed by atoms with Gasteiger partial charge in [-0.3, -0.25) is 4.99 Å². The van der Waals surface area contributed by atoms with E-state index in [1.54, 1.807) is 7.05 Å². The molecular weight excluding hydrogens is 469 g/mol. The van der Waals surface area contributed by atoms with Gasteiger partial charge in [-0.2, -0.15) is 5.10 Å².